The zero-order valence-corrected chi connectivity index (χ0v) is 17.5. The number of hydrogen-bond acceptors (Lipinski definition) is 7. The van der Waals surface area contributed by atoms with Crippen molar-refractivity contribution in [1.29, 1.82) is 0 Å². The molecule has 10 heteroatoms. The first-order valence-corrected chi connectivity index (χ1v) is 10.1. The minimum atomic E-state index is -0.627. The largest absolute Gasteiger partial charge is 0.425 e. The van der Waals surface area contributed by atoms with E-state index in [0.29, 0.717) is 23.7 Å². The Morgan fingerprint density at radius 3 is 2.71 bits per heavy atom. The van der Waals surface area contributed by atoms with E-state index in [2.05, 4.69) is 20.2 Å². The molecule has 0 bridgehead atoms. The van der Waals surface area contributed by atoms with Crippen molar-refractivity contribution in [1.82, 2.24) is 24.4 Å². The minimum absolute atomic E-state index is 0.0359. The number of carbonyl (C=O) groups excluding carboxylic acids is 1. The maximum absolute atomic E-state index is 13.3. The summed E-state index contributed by atoms with van der Waals surface area (Å²) in [6.07, 6.45) is 3.91. The van der Waals surface area contributed by atoms with Crippen molar-refractivity contribution in [3.63, 3.8) is 0 Å². The number of rotatable bonds is 6. The van der Waals surface area contributed by atoms with Crippen molar-refractivity contribution in [2.75, 3.05) is 31.1 Å². The molecule has 1 aliphatic rings. The molecule has 162 valence electrons. The smallest absolute Gasteiger partial charge is 0.306 e. The van der Waals surface area contributed by atoms with Crippen LogP contribution in [0.3, 0.4) is 0 Å². The van der Waals surface area contributed by atoms with Gasteiger partial charge in [0.05, 0.1) is 5.56 Å². The van der Waals surface area contributed by atoms with Crippen LogP contribution in [0.25, 0.3) is 11.2 Å². The molecule has 0 aliphatic carbocycles. The molecule has 1 aromatic carbocycles. The summed E-state index contributed by atoms with van der Waals surface area (Å²) in [6, 6.07) is 6.60. The van der Waals surface area contributed by atoms with E-state index in [1.807, 2.05) is 23.6 Å². The Labute approximate surface area is 178 Å². The molecule has 0 spiro atoms. The van der Waals surface area contributed by atoms with Crippen LogP contribution < -0.4 is 26.2 Å². The number of imidazole rings is 1. The Balaban J connectivity index is 1.84. The number of nitrogens with two attached hydrogens (primary N) is 1. The van der Waals surface area contributed by atoms with E-state index >= 15 is 0 Å². The number of anilines is 1. The van der Waals surface area contributed by atoms with E-state index in [1.165, 1.54) is 4.57 Å². The van der Waals surface area contributed by atoms with Crippen LogP contribution in [0.2, 0.25) is 0 Å². The Bertz CT molecular complexity index is 1210. The van der Waals surface area contributed by atoms with Gasteiger partial charge >= 0.3 is 6.01 Å². The number of ether oxygens (including phenoxy) is 1. The Kier molecular flexibility index (Phi) is 5.72. The van der Waals surface area contributed by atoms with Crippen LogP contribution in [0.4, 0.5) is 5.95 Å². The first kappa shape index (κ1) is 20.6. The Morgan fingerprint density at radius 2 is 2.00 bits per heavy atom. The number of benzene rings is 1. The summed E-state index contributed by atoms with van der Waals surface area (Å²) in [7, 11) is 1.58. The highest BCUT2D eigenvalue weighted by Crippen LogP contribution is 2.26. The SMILES string of the molecule is C/C=C/Cn1c(N2CCNCC2)nc2nc(Oc3ccccc3C(N)=O)n(C)c(=O)c21. The third-order valence-corrected chi connectivity index (χ3v) is 5.20. The van der Waals surface area contributed by atoms with Crippen molar-refractivity contribution in [3.8, 4) is 11.8 Å². The second kappa shape index (κ2) is 8.60. The molecule has 0 unspecified atom stereocenters. The van der Waals surface area contributed by atoms with E-state index in [1.54, 1.807) is 31.3 Å². The number of fused-ring (bicyclic) bond motifs is 1. The quantitative estimate of drug-likeness (QED) is 0.568. The van der Waals surface area contributed by atoms with Gasteiger partial charge in [0.1, 0.15) is 5.75 Å². The van der Waals surface area contributed by atoms with E-state index < -0.39 is 5.91 Å². The van der Waals surface area contributed by atoms with Gasteiger partial charge in [-0.15, -0.1) is 0 Å². The fourth-order valence-electron chi connectivity index (χ4n) is 3.57. The first-order chi connectivity index (χ1) is 15.0. The highest BCUT2D eigenvalue weighted by atomic mass is 16.5. The minimum Gasteiger partial charge on any atom is -0.425 e. The number of nitrogens with one attached hydrogen (secondary N) is 1. The molecule has 3 aromatic rings. The molecule has 3 heterocycles. The van der Waals surface area contributed by atoms with Crippen molar-refractivity contribution in [3.05, 3.63) is 52.3 Å². The molecule has 10 nitrogen and oxygen atoms in total. The van der Waals surface area contributed by atoms with E-state index in [0.717, 1.165) is 26.2 Å². The van der Waals surface area contributed by atoms with Gasteiger partial charge in [-0.05, 0) is 19.1 Å². The van der Waals surface area contributed by atoms with Crippen LogP contribution in [-0.2, 0) is 13.6 Å². The molecule has 31 heavy (non-hydrogen) atoms. The van der Waals surface area contributed by atoms with Crippen LogP contribution in [0.15, 0.2) is 41.2 Å². The number of hydrogen-bond donors (Lipinski definition) is 2. The molecule has 0 saturated carbocycles. The van der Waals surface area contributed by atoms with E-state index in [-0.39, 0.29) is 22.9 Å². The first-order valence-electron chi connectivity index (χ1n) is 10.1. The molecule has 0 atom stereocenters. The highest BCUT2D eigenvalue weighted by Gasteiger charge is 2.23. The number of para-hydroxylation sites is 1. The van der Waals surface area contributed by atoms with Crippen molar-refractivity contribution in [2.45, 2.75) is 13.5 Å². The molecule has 3 N–H and O–H groups in total. The maximum atomic E-state index is 13.3. The van der Waals surface area contributed by atoms with Gasteiger partial charge in [-0.25, -0.2) is 0 Å². The molecular formula is C21H25N7O3. The second-order valence-electron chi connectivity index (χ2n) is 7.22. The predicted molar refractivity (Wildman–Crippen MR) is 118 cm³/mol. The highest BCUT2D eigenvalue weighted by molar-refractivity contribution is 5.95. The lowest BCUT2D eigenvalue weighted by Crippen LogP contribution is -2.44. The maximum Gasteiger partial charge on any atom is 0.306 e. The third-order valence-electron chi connectivity index (χ3n) is 5.20. The van der Waals surface area contributed by atoms with Crippen molar-refractivity contribution < 1.29 is 9.53 Å². The normalized spacial score (nSPS) is 14.5. The van der Waals surface area contributed by atoms with Gasteiger partial charge < -0.3 is 25.3 Å². The fraction of sp³-hybridized carbons (Fsp3) is 0.333. The van der Waals surface area contributed by atoms with Crippen LogP contribution in [0.1, 0.15) is 17.3 Å². The summed E-state index contributed by atoms with van der Waals surface area (Å²) in [4.78, 5) is 36.3. The average molecular weight is 423 g/mol. The van der Waals surface area contributed by atoms with Crippen molar-refractivity contribution >= 4 is 23.0 Å². The standard InChI is InChI=1S/C21H25N7O3/c1-3-4-11-28-16-18(24-20(28)27-12-9-23-10-13-27)25-21(26(2)19(16)30)31-15-8-6-5-7-14(15)17(22)29/h3-8,23H,9-13H2,1-2H3,(H2,22,29)/b4-3+. The summed E-state index contributed by atoms with van der Waals surface area (Å²) in [5, 5.41) is 3.32. The van der Waals surface area contributed by atoms with Gasteiger partial charge in [-0.2, -0.15) is 9.97 Å². The molecule has 4 rings (SSSR count). The van der Waals surface area contributed by atoms with Gasteiger partial charge in [-0.1, -0.05) is 24.3 Å². The molecule has 0 radical (unpaired) electrons. The van der Waals surface area contributed by atoms with Gasteiger partial charge in [0.15, 0.2) is 11.2 Å². The predicted octanol–water partition coefficient (Wildman–Crippen LogP) is 1.01. The monoisotopic (exact) mass is 423 g/mol. The zero-order valence-electron chi connectivity index (χ0n) is 17.5. The summed E-state index contributed by atoms with van der Waals surface area (Å²) >= 11 is 0. The van der Waals surface area contributed by atoms with E-state index in [4.69, 9.17) is 10.5 Å². The number of amides is 1. The summed E-state index contributed by atoms with van der Waals surface area (Å²) < 4.78 is 9.03. The lowest BCUT2D eigenvalue weighted by atomic mass is 10.2. The van der Waals surface area contributed by atoms with Gasteiger partial charge in [0.25, 0.3) is 11.5 Å². The van der Waals surface area contributed by atoms with E-state index in [9.17, 15) is 9.59 Å². The summed E-state index contributed by atoms with van der Waals surface area (Å²) in [5.41, 5.74) is 6.07. The average Bonchev–Trinajstić information content (AvgIpc) is 3.15. The summed E-state index contributed by atoms with van der Waals surface area (Å²) in [5.74, 6) is 0.305. The number of nitrogens with zero attached hydrogens (tertiary/aromatic N) is 5. The second-order valence-corrected chi connectivity index (χ2v) is 7.22. The number of piperazine rings is 1. The van der Waals surface area contributed by atoms with Gasteiger partial charge in [0, 0.05) is 39.8 Å². The number of allylic oxidation sites excluding steroid dienone is 2. The van der Waals surface area contributed by atoms with Gasteiger partial charge in [-0.3, -0.25) is 14.2 Å². The molecule has 1 amide bonds. The van der Waals surface area contributed by atoms with Crippen LogP contribution >= 0.6 is 0 Å². The Hall–Kier alpha value is -3.66. The van der Waals surface area contributed by atoms with Crippen LogP contribution in [0.5, 0.6) is 11.8 Å². The molecular weight excluding hydrogens is 398 g/mol. The lowest BCUT2D eigenvalue weighted by molar-refractivity contribution is 0.0998. The number of primary amides is 1. The number of carbonyl (C=O) groups is 1. The molecule has 1 aliphatic heterocycles. The lowest BCUT2D eigenvalue weighted by Gasteiger charge is -2.28. The topological polar surface area (TPSA) is 120 Å². The van der Waals surface area contributed by atoms with Crippen molar-refractivity contribution in [2.24, 2.45) is 12.8 Å². The zero-order chi connectivity index (χ0) is 22.0. The third kappa shape index (κ3) is 3.89. The fourth-order valence-corrected chi connectivity index (χ4v) is 3.57. The molecule has 1 fully saturated rings. The Morgan fingerprint density at radius 1 is 1.26 bits per heavy atom. The number of aromatic nitrogens is 4. The van der Waals surface area contributed by atoms with Crippen LogP contribution in [0, 0.1) is 0 Å². The summed E-state index contributed by atoms with van der Waals surface area (Å²) in [6.45, 7) is 5.70. The van der Waals surface area contributed by atoms with Crippen LogP contribution in [-0.4, -0.2) is 51.2 Å². The molecule has 2 aromatic heterocycles. The van der Waals surface area contributed by atoms with Gasteiger partial charge in [0.2, 0.25) is 5.95 Å². The molecule has 1 saturated heterocycles.